The first kappa shape index (κ1) is 32.8. The number of aliphatic hydroxyl groups is 1. The Kier molecular flexibility index (Phi) is 10.2. The molecule has 4 aromatic carbocycles. The number of sulfonamides is 1. The van der Waals surface area contributed by atoms with Gasteiger partial charge in [0.15, 0.2) is 0 Å². The Balaban J connectivity index is 1.57. The molecule has 0 radical (unpaired) electrons. The molecule has 1 aromatic heterocycles. The van der Waals surface area contributed by atoms with Crippen LogP contribution in [0.5, 0.6) is 11.5 Å². The topological polar surface area (TPSA) is 118 Å². The number of ether oxygens (including phenoxy) is 2. The van der Waals surface area contributed by atoms with E-state index in [4.69, 9.17) is 21.1 Å². The van der Waals surface area contributed by atoms with Crippen molar-refractivity contribution in [2.45, 2.75) is 31.0 Å². The van der Waals surface area contributed by atoms with Gasteiger partial charge in [0.25, 0.3) is 0 Å². The maximum atomic E-state index is 14.6. The van der Waals surface area contributed by atoms with Crippen molar-refractivity contribution in [2.75, 3.05) is 19.5 Å². The number of pyridine rings is 1. The van der Waals surface area contributed by atoms with E-state index >= 15 is 0 Å². The molecular formula is C34H31ClFN3O6S. The van der Waals surface area contributed by atoms with Crippen LogP contribution in [0.15, 0.2) is 96.0 Å². The maximum absolute atomic E-state index is 14.6. The lowest BCUT2D eigenvalue weighted by atomic mass is 10.1. The molecule has 2 N–H and O–H groups in total. The quantitative estimate of drug-likeness (QED) is 0.165. The van der Waals surface area contributed by atoms with E-state index in [9.17, 15) is 22.7 Å². The summed E-state index contributed by atoms with van der Waals surface area (Å²) < 4.78 is 54.7. The molecule has 0 spiro atoms. The van der Waals surface area contributed by atoms with Crippen molar-refractivity contribution < 1.29 is 32.2 Å². The Hall–Kier alpha value is -4.55. The highest BCUT2D eigenvalue weighted by Gasteiger charge is 2.29. The fourth-order valence-corrected chi connectivity index (χ4v) is 6.88. The number of carbonyl (C=O) groups excluding carboxylic acids is 1. The van der Waals surface area contributed by atoms with Gasteiger partial charge in [-0.3, -0.25) is 9.78 Å². The van der Waals surface area contributed by atoms with Crippen molar-refractivity contribution in [3.8, 4) is 11.5 Å². The van der Waals surface area contributed by atoms with Gasteiger partial charge in [0, 0.05) is 40.8 Å². The summed E-state index contributed by atoms with van der Waals surface area (Å²) in [5.41, 5.74) is 2.26. The predicted molar refractivity (Wildman–Crippen MR) is 174 cm³/mol. The molecule has 0 fully saturated rings. The molecule has 1 heterocycles. The van der Waals surface area contributed by atoms with Crippen molar-refractivity contribution in [1.29, 1.82) is 0 Å². The van der Waals surface area contributed by atoms with Gasteiger partial charge < -0.3 is 19.9 Å². The highest BCUT2D eigenvalue weighted by molar-refractivity contribution is 7.89. The molecule has 0 bridgehead atoms. The van der Waals surface area contributed by atoms with Crippen LogP contribution in [0, 0.1) is 5.82 Å². The third kappa shape index (κ3) is 7.45. The monoisotopic (exact) mass is 663 g/mol. The third-order valence-electron chi connectivity index (χ3n) is 7.38. The fourth-order valence-electron chi connectivity index (χ4n) is 5.00. The number of aromatic nitrogens is 1. The van der Waals surface area contributed by atoms with Gasteiger partial charge in [0.05, 0.1) is 37.8 Å². The van der Waals surface area contributed by atoms with Gasteiger partial charge in [0.2, 0.25) is 15.9 Å². The largest absolute Gasteiger partial charge is 0.497 e. The van der Waals surface area contributed by atoms with Crippen LogP contribution in [-0.4, -0.2) is 42.9 Å². The maximum Gasteiger partial charge on any atom is 0.244 e. The first-order chi connectivity index (χ1) is 22.1. The minimum absolute atomic E-state index is 0.0252. The van der Waals surface area contributed by atoms with Crippen LogP contribution >= 0.6 is 11.6 Å². The summed E-state index contributed by atoms with van der Waals surface area (Å²) in [5.74, 6) is 0.234. The Morgan fingerprint density at radius 1 is 0.891 bits per heavy atom. The van der Waals surface area contributed by atoms with Crippen molar-refractivity contribution in [2.24, 2.45) is 0 Å². The molecule has 5 rings (SSSR count). The molecule has 0 saturated heterocycles. The summed E-state index contributed by atoms with van der Waals surface area (Å²) >= 11 is 6.13. The Bertz CT molecular complexity index is 1920. The number of amides is 1. The lowest BCUT2D eigenvalue weighted by Gasteiger charge is -2.24. The number of hydrogen-bond donors (Lipinski definition) is 2. The molecule has 0 unspecified atom stereocenters. The van der Waals surface area contributed by atoms with Crippen molar-refractivity contribution in [3.05, 3.63) is 124 Å². The van der Waals surface area contributed by atoms with Crippen LogP contribution in [0.3, 0.4) is 0 Å². The number of halogens is 2. The molecule has 0 aliphatic heterocycles. The molecule has 0 saturated carbocycles. The number of carbonyl (C=O) groups is 1. The van der Waals surface area contributed by atoms with Gasteiger partial charge >= 0.3 is 0 Å². The zero-order chi connectivity index (χ0) is 32.8. The van der Waals surface area contributed by atoms with Gasteiger partial charge in [-0.2, -0.15) is 4.31 Å². The number of nitrogens with one attached hydrogen (secondary N) is 1. The molecule has 1 amide bonds. The van der Waals surface area contributed by atoms with Gasteiger partial charge in [-0.15, -0.1) is 0 Å². The second-order valence-electron chi connectivity index (χ2n) is 10.4. The fraction of sp³-hybridized carbons (Fsp3) is 0.176. The van der Waals surface area contributed by atoms with Gasteiger partial charge in [0.1, 0.15) is 17.3 Å². The summed E-state index contributed by atoms with van der Waals surface area (Å²) in [5, 5.41) is 13.6. The van der Waals surface area contributed by atoms with Crippen LogP contribution < -0.4 is 14.8 Å². The smallest absolute Gasteiger partial charge is 0.244 e. The van der Waals surface area contributed by atoms with Gasteiger partial charge in [-0.05, 0) is 71.3 Å². The van der Waals surface area contributed by atoms with Crippen molar-refractivity contribution in [3.63, 3.8) is 0 Å². The first-order valence-electron chi connectivity index (χ1n) is 14.1. The molecule has 0 aliphatic carbocycles. The van der Waals surface area contributed by atoms with Crippen LogP contribution in [0.1, 0.15) is 22.4 Å². The van der Waals surface area contributed by atoms with E-state index in [1.807, 2.05) is 0 Å². The second-order valence-corrected chi connectivity index (χ2v) is 12.7. The number of anilines is 1. The summed E-state index contributed by atoms with van der Waals surface area (Å²) in [6, 6.07) is 22.4. The van der Waals surface area contributed by atoms with Crippen LogP contribution in [0.4, 0.5) is 10.1 Å². The zero-order valence-electron chi connectivity index (χ0n) is 25.0. The molecular weight excluding hydrogens is 633 g/mol. The van der Waals surface area contributed by atoms with E-state index in [1.54, 1.807) is 74.9 Å². The number of nitrogens with zero attached hydrogens (tertiary/aromatic N) is 2. The van der Waals surface area contributed by atoms with Gasteiger partial charge in [-0.25, -0.2) is 12.8 Å². The normalized spacial score (nSPS) is 11.5. The van der Waals surface area contributed by atoms with E-state index in [0.717, 1.165) is 17.2 Å². The second kappa shape index (κ2) is 14.3. The Labute approximate surface area is 271 Å². The number of rotatable bonds is 12. The van der Waals surface area contributed by atoms with Gasteiger partial charge in [-0.1, -0.05) is 41.9 Å². The SMILES string of the molecule is COc1ccc(CN(Cc2ccc(OC)cc2)S(=O)(=O)c2cc(NC(=O)Cc3ccc(F)cc3Cl)cc3c(CO)nccc23)cc1. The summed E-state index contributed by atoms with van der Waals surface area (Å²) in [6.07, 6.45) is 1.25. The molecule has 5 aromatic rings. The highest BCUT2D eigenvalue weighted by Crippen LogP contribution is 2.33. The van der Waals surface area contributed by atoms with E-state index in [1.165, 1.54) is 28.7 Å². The molecule has 0 atom stereocenters. The summed E-state index contributed by atoms with van der Waals surface area (Å²) in [7, 11) is -1.16. The first-order valence-corrected chi connectivity index (χ1v) is 16.0. The van der Waals surface area contributed by atoms with Crippen molar-refractivity contribution in [1.82, 2.24) is 9.29 Å². The molecule has 9 nitrogen and oxygen atoms in total. The van der Waals surface area contributed by atoms with E-state index < -0.39 is 28.4 Å². The molecule has 12 heteroatoms. The highest BCUT2D eigenvalue weighted by atomic mass is 35.5. The zero-order valence-corrected chi connectivity index (χ0v) is 26.6. The average Bonchev–Trinajstić information content (AvgIpc) is 3.05. The lowest BCUT2D eigenvalue weighted by molar-refractivity contribution is -0.115. The number of aliphatic hydroxyl groups excluding tert-OH is 1. The van der Waals surface area contributed by atoms with E-state index in [2.05, 4.69) is 10.3 Å². The Morgan fingerprint density at radius 3 is 2.04 bits per heavy atom. The minimum atomic E-state index is -4.26. The van der Waals surface area contributed by atoms with Crippen LogP contribution in [0.25, 0.3) is 10.8 Å². The van der Waals surface area contributed by atoms with E-state index in [-0.39, 0.29) is 40.8 Å². The lowest BCUT2D eigenvalue weighted by Crippen LogP contribution is -2.30. The number of methoxy groups -OCH3 is 2. The number of benzene rings is 4. The van der Waals surface area contributed by atoms with Crippen LogP contribution in [-0.2, 0) is 40.9 Å². The van der Waals surface area contributed by atoms with E-state index in [0.29, 0.717) is 27.8 Å². The minimum Gasteiger partial charge on any atom is -0.497 e. The summed E-state index contributed by atoms with van der Waals surface area (Å²) in [6.45, 7) is -0.407. The van der Waals surface area contributed by atoms with Crippen molar-refractivity contribution >= 4 is 44.0 Å². The predicted octanol–water partition coefficient (Wildman–Crippen LogP) is 6.11. The standard InChI is InChI=1S/C34H31ClFN3O6S/c1-44-27-9-3-22(4-10-27)19-39(20-23-5-11-28(45-2)12-6-23)46(42,43)33-18-26(17-30-29(33)13-14-37-32(30)21-40)38-34(41)15-24-7-8-25(36)16-31(24)35/h3-14,16-18,40H,15,19-21H2,1-2H3,(H,38,41). The molecule has 238 valence electrons. The third-order valence-corrected chi connectivity index (χ3v) is 9.56. The number of hydrogen-bond acceptors (Lipinski definition) is 7. The molecule has 46 heavy (non-hydrogen) atoms. The number of fused-ring (bicyclic) bond motifs is 1. The molecule has 0 aliphatic rings. The summed E-state index contributed by atoms with van der Waals surface area (Å²) in [4.78, 5) is 17.2. The Morgan fingerprint density at radius 2 is 1.50 bits per heavy atom. The average molecular weight is 664 g/mol. The van der Waals surface area contributed by atoms with Crippen LogP contribution in [0.2, 0.25) is 5.02 Å².